The minimum Gasteiger partial charge on any atom is -0.356 e. The largest absolute Gasteiger partial charge is 0.356 e. The second kappa shape index (κ2) is 7.22. The lowest BCUT2D eigenvalue weighted by molar-refractivity contribution is -0.137. The number of benzene rings is 1. The van der Waals surface area contributed by atoms with Crippen LogP contribution in [0.1, 0.15) is 32.6 Å². The summed E-state index contributed by atoms with van der Waals surface area (Å²) in [5.41, 5.74) is 0. The molecular formula is C21H26FN3O. The topological polar surface area (TPSA) is 36.4 Å². The first kappa shape index (κ1) is 17.3. The number of carbonyl (C=O) groups is 1. The Bertz CT molecular complexity index is 793. The van der Waals surface area contributed by atoms with E-state index >= 15 is 0 Å². The predicted octanol–water partition coefficient (Wildman–Crippen LogP) is 3.85. The van der Waals surface area contributed by atoms with Gasteiger partial charge in [-0.15, -0.1) is 0 Å². The third-order valence-corrected chi connectivity index (χ3v) is 5.95. The highest BCUT2D eigenvalue weighted by molar-refractivity contribution is 5.92. The molecular weight excluding hydrogens is 329 g/mol. The molecule has 1 amide bonds. The number of pyridine rings is 1. The van der Waals surface area contributed by atoms with Crippen LogP contribution in [0.25, 0.3) is 10.8 Å². The average Bonchev–Trinajstić information content (AvgIpc) is 2.68. The number of halogens is 1. The molecule has 4 rings (SSSR count). The van der Waals surface area contributed by atoms with Crippen molar-refractivity contribution in [2.75, 3.05) is 31.1 Å². The van der Waals surface area contributed by atoms with Crippen molar-refractivity contribution in [1.29, 1.82) is 0 Å². The summed E-state index contributed by atoms with van der Waals surface area (Å²) < 4.78 is 13.7. The molecule has 1 aromatic heterocycles. The van der Waals surface area contributed by atoms with Crippen LogP contribution in [0.2, 0.25) is 0 Å². The van der Waals surface area contributed by atoms with E-state index in [9.17, 15) is 9.18 Å². The van der Waals surface area contributed by atoms with Gasteiger partial charge in [-0.3, -0.25) is 4.79 Å². The van der Waals surface area contributed by atoms with Crippen LogP contribution in [0.15, 0.2) is 30.5 Å². The Balaban J connectivity index is 1.44. The lowest BCUT2D eigenvalue weighted by Gasteiger charge is -2.37. The van der Waals surface area contributed by atoms with Crippen LogP contribution in [-0.2, 0) is 4.79 Å². The van der Waals surface area contributed by atoms with Gasteiger partial charge in [-0.25, -0.2) is 9.37 Å². The van der Waals surface area contributed by atoms with Crippen LogP contribution in [-0.4, -0.2) is 42.0 Å². The summed E-state index contributed by atoms with van der Waals surface area (Å²) in [4.78, 5) is 21.6. The molecule has 4 nitrogen and oxygen atoms in total. The second-order valence-electron chi connectivity index (χ2n) is 7.77. The van der Waals surface area contributed by atoms with Gasteiger partial charge >= 0.3 is 0 Å². The van der Waals surface area contributed by atoms with Crippen molar-refractivity contribution in [2.45, 2.75) is 32.6 Å². The number of aromatic nitrogens is 1. The Morgan fingerprint density at radius 2 is 1.81 bits per heavy atom. The van der Waals surface area contributed by atoms with E-state index in [4.69, 9.17) is 0 Å². The zero-order valence-corrected chi connectivity index (χ0v) is 15.3. The van der Waals surface area contributed by atoms with Gasteiger partial charge in [0.2, 0.25) is 5.91 Å². The highest BCUT2D eigenvalue weighted by atomic mass is 19.1. The molecule has 0 atom stereocenters. The number of hydrogen-bond donors (Lipinski definition) is 0. The number of carbonyl (C=O) groups excluding carboxylic acids is 1. The van der Waals surface area contributed by atoms with E-state index < -0.39 is 0 Å². The van der Waals surface area contributed by atoms with E-state index in [0.29, 0.717) is 5.91 Å². The second-order valence-corrected chi connectivity index (χ2v) is 7.77. The number of likely N-dealkylation sites (tertiary alicyclic amines) is 1. The van der Waals surface area contributed by atoms with E-state index in [2.05, 4.69) is 21.7 Å². The molecule has 2 fully saturated rings. The molecule has 0 N–H and O–H groups in total. The smallest absolute Gasteiger partial charge is 0.225 e. The van der Waals surface area contributed by atoms with Crippen molar-refractivity contribution in [3.8, 4) is 0 Å². The molecule has 2 aliphatic heterocycles. The number of nitrogens with zero attached hydrogens (tertiary/aromatic N) is 3. The molecule has 2 aliphatic rings. The Labute approximate surface area is 154 Å². The number of rotatable bonds is 2. The molecule has 2 saturated heterocycles. The summed E-state index contributed by atoms with van der Waals surface area (Å²) in [7, 11) is 0. The van der Waals surface area contributed by atoms with E-state index in [-0.39, 0.29) is 11.7 Å². The Morgan fingerprint density at radius 1 is 1.08 bits per heavy atom. The van der Waals surface area contributed by atoms with Gasteiger partial charge in [0.05, 0.1) is 0 Å². The summed E-state index contributed by atoms with van der Waals surface area (Å²) in [5, 5.41) is 1.85. The summed E-state index contributed by atoms with van der Waals surface area (Å²) in [6.45, 7) is 5.67. The molecule has 2 aromatic rings. The Morgan fingerprint density at radius 3 is 2.54 bits per heavy atom. The molecule has 0 spiro atoms. The molecule has 26 heavy (non-hydrogen) atoms. The quantitative estimate of drug-likeness (QED) is 0.821. The van der Waals surface area contributed by atoms with E-state index in [0.717, 1.165) is 74.4 Å². The fourth-order valence-electron chi connectivity index (χ4n) is 4.20. The molecule has 0 bridgehead atoms. The number of piperidine rings is 2. The van der Waals surface area contributed by atoms with E-state index in [1.165, 1.54) is 6.07 Å². The highest BCUT2D eigenvalue weighted by Crippen LogP contribution is 2.30. The maximum Gasteiger partial charge on any atom is 0.225 e. The molecule has 5 heteroatoms. The van der Waals surface area contributed by atoms with Gasteiger partial charge in [-0.2, -0.15) is 0 Å². The molecule has 0 radical (unpaired) electrons. The fraction of sp³-hybridized carbons (Fsp3) is 0.524. The first-order valence-corrected chi connectivity index (χ1v) is 9.70. The molecule has 0 aliphatic carbocycles. The van der Waals surface area contributed by atoms with Crippen molar-refractivity contribution in [2.24, 2.45) is 11.8 Å². The molecule has 138 valence electrons. The zero-order chi connectivity index (χ0) is 18.1. The average molecular weight is 355 g/mol. The maximum atomic E-state index is 13.7. The standard InChI is InChI=1S/C21H26FN3O/c1-15-5-10-25(11-6-15)21(26)17-7-12-24(13-8-17)20-19-14-18(22)3-2-16(19)4-9-23-20/h2-4,9,14-15,17H,5-8,10-13H2,1H3. The van der Waals surface area contributed by atoms with Gasteiger partial charge < -0.3 is 9.80 Å². The first-order valence-electron chi connectivity index (χ1n) is 9.70. The van der Waals surface area contributed by atoms with Crippen molar-refractivity contribution < 1.29 is 9.18 Å². The number of hydrogen-bond acceptors (Lipinski definition) is 3. The van der Waals surface area contributed by atoms with Gasteiger partial charge in [-0.1, -0.05) is 13.0 Å². The van der Waals surface area contributed by atoms with Gasteiger partial charge in [0.1, 0.15) is 11.6 Å². The molecule has 1 aromatic carbocycles. The highest BCUT2D eigenvalue weighted by Gasteiger charge is 2.30. The predicted molar refractivity (Wildman–Crippen MR) is 102 cm³/mol. The van der Waals surface area contributed by atoms with Gasteiger partial charge in [0.15, 0.2) is 0 Å². The molecule has 0 saturated carbocycles. The van der Waals surface area contributed by atoms with Crippen molar-refractivity contribution in [3.05, 3.63) is 36.3 Å². The number of amides is 1. The number of fused-ring (bicyclic) bond motifs is 1. The Hall–Kier alpha value is -2.17. The third-order valence-electron chi connectivity index (χ3n) is 5.95. The van der Waals surface area contributed by atoms with Gasteiger partial charge in [0.25, 0.3) is 0 Å². The van der Waals surface area contributed by atoms with Crippen LogP contribution in [0, 0.1) is 17.7 Å². The lowest BCUT2D eigenvalue weighted by Crippen LogP contribution is -2.45. The summed E-state index contributed by atoms with van der Waals surface area (Å²) >= 11 is 0. The Kier molecular flexibility index (Phi) is 4.79. The van der Waals surface area contributed by atoms with Crippen LogP contribution in [0.5, 0.6) is 0 Å². The van der Waals surface area contributed by atoms with Gasteiger partial charge in [0, 0.05) is 43.7 Å². The normalized spacial score (nSPS) is 19.9. The monoisotopic (exact) mass is 355 g/mol. The van der Waals surface area contributed by atoms with E-state index in [1.54, 1.807) is 18.3 Å². The SMILES string of the molecule is CC1CCN(C(=O)C2CCN(c3nccc4ccc(F)cc34)CC2)CC1. The minimum atomic E-state index is -0.240. The summed E-state index contributed by atoms with van der Waals surface area (Å²) in [6.07, 6.45) is 5.71. The van der Waals surface area contributed by atoms with Crippen LogP contribution in [0.4, 0.5) is 10.2 Å². The third kappa shape index (κ3) is 3.39. The van der Waals surface area contributed by atoms with E-state index in [1.807, 2.05) is 6.07 Å². The zero-order valence-electron chi connectivity index (χ0n) is 15.3. The first-order chi connectivity index (χ1) is 12.6. The lowest BCUT2D eigenvalue weighted by atomic mass is 9.92. The summed E-state index contributed by atoms with van der Waals surface area (Å²) in [5.74, 6) is 1.77. The molecule has 3 heterocycles. The number of anilines is 1. The fourth-order valence-corrected chi connectivity index (χ4v) is 4.20. The van der Waals surface area contributed by atoms with Crippen LogP contribution in [0.3, 0.4) is 0 Å². The van der Waals surface area contributed by atoms with Crippen molar-refractivity contribution in [3.63, 3.8) is 0 Å². The summed E-state index contributed by atoms with van der Waals surface area (Å²) in [6, 6.07) is 6.75. The van der Waals surface area contributed by atoms with Crippen molar-refractivity contribution in [1.82, 2.24) is 9.88 Å². The van der Waals surface area contributed by atoms with Gasteiger partial charge in [-0.05, 0) is 55.2 Å². The van der Waals surface area contributed by atoms with Crippen LogP contribution >= 0.6 is 0 Å². The maximum absolute atomic E-state index is 13.7. The van der Waals surface area contributed by atoms with Crippen molar-refractivity contribution >= 4 is 22.5 Å². The molecule has 0 unspecified atom stereocenters. The van der Waals surface area contributed by atoms with Crippen LogP contribution < -0.4 is 4.90 Å². The minimum absolute atomic E-state index is 0.117.